The van der Waals surface area contributed by atoms with E-state index < -0.39 is 18.5 Å². The van der Waals surface area contributed by atoms with E-state index in [0.717, 1.165) is 5.69 Å². The second kappa shape index (κ2) is 10.2. The minimum absolute atomic E-state index is 0.279. The third-order valence-electron chi connectivity index (χ3n) is 4.32. The number of anilines is 1. The number of esters is 1. The van der Waals surface area contributed by atoms with Crippen molar-refractivity contribution in [2.75, 3.05) is 18.5 Å². The first-order valence-electron chi connectivity index (χ1n) is 9.88. The molecule has 3 aromatic rings. The Balaban J connectivity index is 1.55. The van der Waals surface area contributed by atoms with Gasteiger partial charge >= 0.3 is 5.97 Å². The fourth-order valence-electron chi connectivity index (χ4n) is 2.75. The molecule has 1 heterocycles. The van der Waals surface area contributed by atoms with Crippen molar-refractivity contribution in [1.82, 2.24) is 15.1 Å². The van der Waals surface area contributed by atoms with Gasteiger partial charge in [-0.1, -0.05) is 26.0 Å². The van der Waals surface area contributed by atoms with E-state index in [9.17, 15) is 14.4 Å². The van der Waals surface area contributed by atoms with Crippen LogP contribution in [0.4, 0.5) is 5.69 Å². The van der Waals surface area contributed by atoms with Gasteiger partial charge < -0.3 is 15.4 Å². The Labute approximate surface area is 180 Å². The van der Waals surface area contributed by atoms with Crippen LogP contribution < -0.4 is 10.6 Å². The fourth-order valence-corrected chi connectivity index (χ4v) is 2.75. The summed E-state index contributed by atoms with van der Waals surface area (Å²) < 4.78 is 6.76. The van der Waals surface area contributed by atoms with Crippen molar-refractivity contribution in [3.63, 3.8) is 0 Å². The van der Waals surface area contributed by atoms with E-state index in [1.807, 2.05) is 13.8 Å². The fraction of sp³-hybridized carbons (Fsp3) is 0.217. The molecule has 2 N–H and O–H groups in total. The lowest BCUT2D eigenvalue weighted by Gasteiger charge is -2.12. The first-order chi connectivity index (χ1) is 14.9. The van der Waals surface area contributed by atoms with E-state index in [4.69, 9.17) is 4.74 Å². The molecule has 8 nitrogen and oxygen atoms in total. The number of aromatic nitrogens is 2. The zero-order chi connectivity index (χ0) is 22.2. The van der Waals surface area contributed by atoms with E-state index in [1.54, 1.807) is 71.7 Å². The Hall–Kier alpha value is -3.94. The summed E-state index contributed by atoms with van der Waals surface area (Å²) in [6.07, 6.45) is 3.45. The highest BCUT2D eigenvalue weighted by atomic mass is 16.5. The second-order valence-corrected chi connectivity index (χ2v) is 7.27. The van der Waals surface area contributed by atoms with Gasteiger partial charge in [0.1, 0.15) is 0 Å². The van der Waals surface area contributed by atoms with Gasteiger partial charge in [0.05, 0.1) is 22.5 Å². The summed E-state index contributed by atoms with van der Waals surface area (Å²) in [5.41, 5.74) is 1.81. The van der Waals surface area contributed by atoms with Gasteiger partial charge in [0.2, 0.25) is 0 Å². The van der Waals surface area contributed by atoms with Gasteiger partial charge in [-0.3, -0.25) is 9.59 Å². The summed E-state index contributed by atoms with van der Waals surface area (Å²) in [7, 11) is 0. The molecule has 1 aromatic heterocycles. The van der Waals surface area contributed by atoms with Crippen molar-refractivity contribution in [2.24, 2.45) is 5.92 Å². The lowest BCUT2D eigenvalue weighted by molar-refractivity contribution is -0.119. The van der Waals surface area contributed by atoms with E-state index in [0.29, 0.717) is 29.3 Å². The maximum atomic E-state index is 12.4. The maximum absolute atomic E-state index is 12.4. The zero-order valence-corrected chi connectivity index (χ0v) is 17.4. The first kappa shape index (κ1) is 21.8. The lowest BCUT2D eigenvalue weighted by atomic mass is 10.1. The Bertz CT molecular complexity index is 1040. The Morgan fingerprint density at radius 1 is 1.03 bits per heavy atom. The van der Waals surface area contributed by atoms with Crippen LogP contribution in [0, 0.1) is 5.92 Å². The molecule has 0 fully saturated rings. The molecule has 0 radical (unpaired) electrons. The topological polar surface area (TPSA) is 102 Å². The number of hydrogen-bond acceptors (Lipinski definition) is 5. The van der Waals surface area contributed by atoms with E-state index in [-0.39, 0.29) is 5.91 Å². The van der Waals surface area contributed by atoms with Crippen LogP contribution in [0.5, 0.6) is 0 Å². The maximum Gasteiger partial charge on any atom is 0.338 e. The largest absolute Gasteiger partial charge is 0.452 e. The number of nitrogens with one attached hydrogen (secondary N) is 2. The molecule has 31 heavy (non-hydrogen) atoms. The molecule has 0 unspecified atom stereocenters. The monoisotopic (exact) mass is 420 g/mol. The van der Waals surface area contributed by atoms with E-state index >= 15 is 0 Å². The zero-order valence-electron chi connectivity index (χ0n) is 17.4. The van der Waals surface area contributed by atoms with Crippen LogP contribution in [0.1, 0.15) is 34.6 Å². The molecule has 0 atom stereocenters. The molecule has 3 rings (SSSR count). The van der Waals surface area contributed by atoms with E-state index in [1.165, 1.54) is 0 Å². The molecule has 0 spiro atoms. The Kier molecular flexibility index (Phi) is 7.16. The minimum atomic E-state index is -0.620. The molecule has 0 saturated heterocycles. The Morgan fingerprint density at radius 3 is 2.45 bits per heavy atom. The Morgan fingerprint density at radius 2 is 1.77 bits per heavy atom. The predicted octanol–water partition coefficient (Wildman–Crippen LogP) is 3.05. The van der Waals surface area contributed by atoms with Gasteiger partial charge in [-0.25, -0.2) is 9.48 Å². The van der Waals surface area contributed by atoms with Gasteiger partial charge in [-0.05, 0) is 48.4 Å². The normalized spacial score (nSPS) is 10.5. The molecule has 0 bridgehead atoms. The van der Waals surface area contributed by atoms with Crippen LogP contribution in [0.25, 0.3) is 5.69 Å². The van der Waals surface area contributed by atoms with Crippen molar-refractivity contribution in [3.05, 3.63) is 78.1 Å². The number of hydrogen-bond donors (Lipinski definition) is 2. The number of carbonyl (C=O) groups excluding carboxylic acids is 3. The SMILES string of the molecule is CC(C)CNC(=O)c1ccccc1NC(=O)COC(=O)c1ccc(-n2cccn2)cc1. The molecule has 0 aliphatic heterocycles. The summed E-state index contributed by atoms with van der Waals surface area (Å²) in [4.78, 5) is 36.9. The molecule has 0 saturated carbocycles. The lowest BCUT2D eigenvalue weighted by Crippen LogP contribution is -2.29. The van der Waals surface area contributed by atoms with Crippen LogP contribution in [0.15, 0.2) is 67.0 Å². The third-order valence-corrected chi connectivity index (χ3v) is 4.32. The van der Waals surface area contributed by atoms with Crippen LogP contribution in [0.2, 0.25) is 0 Å². The highest BCUT2D eigenvalue weighted by Crippen LogP contribution is 2.15. The average molecular weight is 420 g/mol. The van der Waals surface area contributed by atoms with Crippen molar-refractivity contribution in [2.45, 2.75) is 13.8 Å². The number of para-hydroxylation sites is 1. The molecule has 8 heteroatoms. The van der Waals surface area contributed by atoms with Crippen molar-refractivity contribution in [3.8, 4) is 5.69 Å². The number of ether oxygens (including phenoxy) is 1. The van der Waals surface area contributed by atoms with Crippen molar-refractivity contribution < 1.29 is 19.1 Å². The molecule has 0 aliphatic rings. The van der Waals surface area contributed by atoms with Crippen LogP contribution in [-0.4, -0.2) is 40.7 Å². The first-order valence-corrected chi connectivity index (χ1v) is 9.88. The van der Waals surface area contributed by atoms with Crippen LogP contribution in [0.3, 0.4) is 0 Å². The smallest absolute Gasteiger partial charge is 0.338 e. The molecule has 2 amide bonds. The quantitative estimate of drug-likeness (QED) is 0.546. The highest BCUT2D eigenvalue weighted by molar-refractivity contribution is 6.04. The third kappa shape index (κ3) is 6.02. The summed E-state index contributed by atoms with van der Waals surface area (Å²) in [6, 6.07) is 15.1. The van der Waals surface area contributed by atoms with Crippen LogP contribution >= 0.6 is 0 Å². The summed E-state index contributed by atoms with van der Waals surface area (Å²) >= 11 is 0. The molecular formula is C23H24N4O4. The van der Waals surface area contributed by atoms with Crippen molar-refractivity contribution >= 4 is 23.5 Å². The number of benzene rings is 2. The molecule has 160 valence electrons. The standard InChI is InChI=1S/C23H24N4O4/c1-16(2)14-24-22(29)19-6-3-4-7-20(19)26-21(28)15-31-23(30)17-8-10-18(11-9-17)27-13-5-12-25-27/h3-13,16H,14-15H2,1-2H3,(H,24,29)(H,26,28). The van der Waals surface area contributed by atoms with Gasteiger partial charge in [0.15, 0.2) is 6.61 Å². The molecular weight excluding hydrogens is 396 g/mol. The number of nitrogens with zero attached hydrogens (tertiary/aromatic N) is 2. The van der Waals surface area contributed by atoms with Gasteiger partial charge in [0, 0.05) is 18.9 Å². The van der Waals surface area contributed by atoms with E-state index in [2.05, 4.69) is 15.7 Å². The number of amides is 2. The number of carbonyl (C=O) groups is 3. The predicted molar refractivity (Wildman–Crippen MR) is 116 cm³/mol. The number of rotatable bonds is 8. The summed E-state index contributed by atoms with van der Waals surface area (Å²) in [6.45, 7) is 4.04. The average Bonchev–Trinajstić information content (AvgIpc) is 3.31. The van der Waals surface area contributed by atoms with Gasteiger partial charge in [-0.15, -0.1) is 0 Å². The summed E-state index contributed by atoms with van der Waals surface area (Å²) in [5.74, 6) is -1.13. The van der Waals surface area contributed by atoms with Gasteiger partial charge in [-0.2, -0.15) is 5.10 Å². The minimum Gasteiger partial charge on any atom is -0.452 e. The molecule has 0 aliphatic carbocycles. The van der Waals surface area contributed by atoms with Crippen molar-refractivity contribution in [1.29, 1.82) is 0 Å². The van der Waals surface area contributed by atoms with Crippen LogP contribution in [-0.2, 0) is 9.53 Å². The highest BCUT2D eigenvalue weighted by Gasteiger charge is 2.15. The second-order valence-electron chi connectivity index (χ2n) is 7.27. The summed E-state index contributed by atoms with van der Waals surface area (Å²) in [5, 5.41) is 9.56. The molecule has 2 aromatic carbocycles. The van der Waals surface area contributed by atoms with Gasteiger partial charge in [0.25, 0.3) is 11.8 Å².